The summed E-state index contributed by atoms with van der Waals surface area (Å²) in [5.74, 6) is 0.748. The highest BCUT2D eigenvalue weighted by Crippen LogP contribution is 2.35. The van der Waals surface area contributed by atoms with Crippen molar-refractivity contribution < 1.29 is 33.6 Å². The molecule has 0 spiro atoms. The first-order valence-electron chi connectivity index (χ1n) is 8.92. The topological polar surface area (TPSA) is 91.3 Å². The van der Waals surface area contributed by atoms with Crippen LogP contribution in [-0.4, -0.2) is 36.9 Å². The van der Waals surface area contributed by atoms with Gasteiger partial charge in [-0.1, -0.05) is 0 Å². The van der Waals surface area contributed by atoms with Crippen molar-refractivity contribution in [3.8, 4) is 23.0 Å². The minimum atomic E-state index is -1.07. The van der Waals surface area contributed by atoms with Gasteiger partial charge in [0.15, 0.2) is 28.8 Å². The summed E-state index contributed by atoms with van der Waals surface area (Å²) < 4.78 is 21.5. The molecule has 0 saturated heterocycles. The molecule has 2 aromatic rings. The summed E-state index contributed by atoms with van der Waals surface area (Å²) in [4.78, 5) is 24.2. The molecule has 0 amide bonds. The number of hydrogen-bond donors (Lipinski definition) is 1. The number of methoxy groups -OCH3 is 1. The first-order chi connectivity index (χ1) is 13.4. The summed E-state index contributed by atoms with van der Waals surface area (Å²) in [6, 6.07) is 8.08. The second kappa shape index (κ2) is 8.21. The number of hydrogen-bond acceptors (Lipinski definition) is 6. The summed E-state index contributed by atoms with van der Waals surface area (Å²) >= 11 is 0. The van der Waals surface area contributed by atoms with E-state index >= 15 is 0 Å². The van der Waals surface area contributed by atoms with Crippen molar-refractivity contribution in [2.45, 2.75) is 32.8 Å². The zero-order chi connectivity index (χ0) is 20.3. The van der Waals surface area contributed by atoms with Crippen molar-refractivity contribution in [2.24, 2.45) is 0 Å². The van der Waals surface area contributed by atoms with E-state index in [4.69, 9.17) is 18.9 Å². The second-order valence-electron chi connectivity index (χ2n) is 6.62. The van der Waals surface area contributed by atoms with Crippen LogP contribution in [0.15, 0.2) is 30.3 Å². The lowest BCUT2D eigenvalue weighted by Crippen LogP contribution is -2.09. The third-order valence-electron chi connectivity index (χ3n) is 4.30. The Morgan fingerprint density at radius 3 is 2.46 bits per heavy atom. The summed E-state index contributed by atoms with van der Waals surface area (Å²) in [6.45, 7) is 3.84. The zero-order valence-corrected chi connectivity index (χ0v) is 16.0. The van der Waals surface area contributed by atoms with Gasteiger partial charge < -0.3 is 24.1 Å². The van der Waals surface area contributed by atoms with Gasteiger partial charge in [-0.25, -0.2) is 4.79 Å². The number of rotatable bonds is 8. The summed E-state index contributed by atoms with van der Waals surface area (Å²) in [5, 5.41) is 9.45. The van der Waals surface area contributed by atoms with Gasteiger partial charge in [-0.2, -0.15) is 0 Å². The number of ketones is 1. The van der Waals surface area contributed by atoms with Gasteiger partial charge in [-0.3, -0.25) is 4.79 Å². The molecule has 28 heavy (non-hydrogen) atoms. The van der Waals surface area contributed by atoms with E-state index in [-0.39, 0.29) is 37.1 Å². The van der Waals surface area contributed by atoms with E-state index in [1.54, 1.807) is 24.3 Å². The van der Waals surface area contributed by atoms with Crippen LogP contribution in [0.4, 0.5) is 0 Å². The molecule has 0 fully saturated rings. The number of benzene rings is 2. The van der Waals surface area contributed by atoms with Crippen molar-refractivity contribution in [3.05, 3.63) is 47.0 Å². The summed E-state index contributed by atoms with van der Waals surface area (Å²) in [6.07, 6.45) is 0.350. The zero-order valence-electron chi connectivity index (χ0n) is 16.0. The number of carbonyl (C=O) groups is 2. The molecule has 3 rings (SSSR count). The highest BCUT2D eigenvalue weighted by molar-refractivity contribution is 5.97. The molecule has 0 aliphatic carbocycles. The number of carboxylic acid groups (broad SMARTS) is 1. The number of fused-ring (bicyclic) bond motifs is 1. The number of aryl methyl sites for hydroxylation is 1. The van der Waals surface area contributed by atoms with Crippen LogP contribution in [0.3, 0.4) is 0 Å². The van der Waals surface area contributed by atoms with E-state index in [2.05, 4.69) is 0 Å². The predicted molar refractivity (Wildman–Crippen MR) is 101 cm³/mol. The van der Waals surface area contributed by atoms with Crippen LogP contribution in [0.25, 0.3) is 0 Å². The molecule has 0 unspecified atom stereocenters. The van der Waals surface area contributed by atoms with E-state index in [0.717, 1.165) is 0 Å². The van der Waals surface area contributed by atoms with Gasteiger partial charge >= 0.3 is 5.97 Å². The number of ether oxygens (including phenoxy) is 4. The van der Waals surface area contributed by atoms with E-state index in [9.17, 15) is 14.7 Å². The number of carboxylic acids is 1. The van der Waals surface area contributed by atoms with Gasteiger partial charge in [0.2, 0.25) is 6.79 Å². The van der Waals surface area contributed by atoms with Crippen LogP contribution in [-0.2, 0) is 6.42 Å². The fraction of sp³-hybridized carbons (Fsp3) is 0.333. The monoisotopic (exact) mass is 386 g/mol. The van der Waals surface area contributed by atoms with Crippen LogP contribution in [0.1, 0.15) is 46.5 Å². The van der Waals surface area contributed by atoms with Crippen LogP contribution in [0.5, 0.6) is 23.0 Å². The fourth-order valence-corrected chi connectivity index (χ4v) is 2.98. The first kappa shape index (κ1) is 19.5. The van der Waals surface area contributed by atoms with Crippen molar-refractivity contribution >= 4 is 11.8 Å². The minimum absolute atomic E-state index is 0.0568. The van der Waals surface area contributed by atoms with Crippen LogP contribution < -0.4 is 18.9 Å². The Hall–Kier alpha value is -3.22. The summed E-state index contributed by atoms with van der Waals surface area (Å²) in [5.41, 5.74) is 1.11. The maximum absolute atomic E-state index is 12.7. The molecule has 7 nitrogen and oxygen atoms in total. The molecule has 1 aliphatic heterocycles. The molecule has 148 valence electrons. The smallest absolute Gasteiger partial charge is 0.336 e. The number of Topliss-reactive ketones (excluding diaryl/α,β-unsaturated/α-hetero) is 1. The van der Waals surface area contributed by atoms with E-state index in [1.807, 2.05) is 13.8 Å². The van der Waals surface area contributed by atoms with Crippen molar-refractivity contribution in [3.63, 3.8) is 0 Å². The van der Waals surface area contributed by atoms with Gasteiger partial charge in [0.05, 0.1) is 18.8 Å². The molecule has 1 heterocycles. The maximum Gasteiger partial charge on any atom is 0.336 e. The van der Waals surface area contributed by atoms with Gasteiger partial charge in [-0.15, -0.1) is 0 Å². The Morgan fingerprint density at radius 1 is 1.11 bits per heavy atom. The normalized spacial score (nSPS) is 12.1. The Morgan fingerprint density at radius 2 is 1.82 bits per heavy atom. The Kier molecular flexibility index (Phi) is 5.73. The lowest BCUT2D eigenvalue weighted by Gasteiger charge is -2.14. The Labute approximate surface area is 162 Å². The molecular formula is C21H22O7. The lowest BCUT2D eigenvalue weighted by molar-refractivity contribution is 0.0694. The molecule has 2 aromatic carbocycles. The highest BCUT2D eigenvalue weighted by Gasteiger charge is 2.21. The SMILES string of the molecule is COc1ccc(C(=O)CCc2cc3c(cc2C(=O)O)OCO3)cc1OC(C)C. The van der Waals surface area contributed by atoms with Gasteiger partial charge in [-0.05, 0) is 56.2 Å². The van der Waals surface area contributed by atoms with Gasteiger partial charge in [0.1, 0.15) is 0 Å². The largest absolute Gasteiger partial charge is 0.493 e. The quantitative estimate of drug-likeness (QED) is 0.691. The van der Waals surface area contributed by atoms with Crippen molar-refractivity contribution in [1.29, 1.82) is 0 Å². The van der Waals surface area contributed by atoms with Crippen LogP contribution in [0.2, 0.25) is 0 Å². The van der Waals surface area contributed by atoms with Gasteiger partial charge in [0.25, 0.3) is 0 Å². The fourth-order valence-electron chi connectivity index (χ4n) is 2.98. The van der Waals surface area contributed by atoms with E-state index < -0.39 is 5.97 Å². The van der Waals surface area contributed by atoms with Crippen LogP contribution >= 0.6 is 0 Å². The average molecular weight is 386 g/mol. The number of aromatic carboxylic acids is 1. The lowest BCUT2D eigenvalue weighted by atomic mass is 9.98. The molecule has 0 atom stereocenters. The van der Waals surface area contributed by atoms with Crippen molar-refractivity contribution in [1.82, 2.24) is 0 Å². The molecule has 0 bridgehead atoms. The predicted octanol–water partition coefficient (Wildman–Crippen LogP) is 3.72. The number of carbonyl (C=O) groups excluding carboxylic acids is 1. The molecule has 0 saturated carbocycles. The van der Waals surface area contributed by atoms with E-state index in [0.29, 0.717) is 34.1 Å². The Bertz CT molecular complexity index is 902. The average Bonchev–Trinajstić information content (AvgIpc) is 3.12. The van der Waals surface area contributed by atoms with Gasteiger partial charge in [0, 0.05) is 12.0 Å². The van der Waals surface area contributed by atoms with Crippen LogP contribution in [0, 0.1) is 0 Å². The molecule has 1 aliphatic rings. The minimum Gasteiger partial charge on any atom is -0.493 e. The Balaban J connectivity index is 1.78. The molecule has 7 heteroatoms. The molecule has 1 N–H and O–H groups in total. The third-order valence-corrected chi connectivity index (χ3v) is 4.30. The van der Waals surface area contributed by atoms with Crippen molar-refractivity contribution in [2.75, 3.05) is 13.9 Å². The second-order valence-corrected chi connectivity index (χ2v) is 6.62. The maximum atomic E-state index is 12.7. The third kappa shape index (κ3) is 4.19. The molecule has 0 radical (unpaired) electrons. The standard InChI is InChI=1S/C21H22O7/c1-12(2)28-20-9-14(5-7-17(20)25-3)16(22)6-4-13-8-18-19(27-11-26-18)10-15(13)21(23)24/h5,7-10,12H,4,6,11H2,1-3H3,(H,23,24). The van der Waals surface area contributed by atoms with E-state index in [1.165, 1.54) is 13.2 Å². The summed E-state index contributed by atoms with van der Waals surface area (Å²) in [7, 11) is 1.54. The first-order valence-corrected chi connectivity index (χ1v) is 8.92. The highest BCUT2D eigenvalue weighted by atomic mass is 16.7. The molecular weight excluding hydrogens is 364 g/mol. The molecule has 0 aromatic heterocycles.